The Bertz CT molecular complexity index is 321. The molecule has 1 nitrogen and oxygen atoms in total. The standard InChI is InChI=1S/C17H28O/c1-4-5-6-7-10-15-12-13-16(17(15)18)11-8-9-14(2)3/h10-11,14H,4-9,12-13H2,1-3H3. The van der Waals surface area contributed by atoms with Gasteiger partial charge in [0.05, 0.1) is 0 Å². The summed E-state index contributed by atoms with van der Waals surface area (Å²) in [4.78, 5) is 12.1. The molecule has 0 atom stereocenters. The Labute approximate surface area is 112 Å². The lowest BCUT2D eigenvalue weighted by atomic mass is 10.0. The molecule has 18 heavy (non-hydrogen) atoms. The Morgan fingerprint density at radius 2 is 1.67 bits per heavy atom. The van der Waals surface area contributed by atoms with Gasteiger partial charge in [-0.15, -0.1) is 0 Å². The van der Waals surface area contributed by atoms with Crippen molar-refractivity contribution in [3.05, 3.63) is 23.3 Å². The molecular formula is C17H28O. The van der Waals surface area contributed by atoms with Gasteiger partial charge in [-0.3, -0.25) is 4.79 Å². The van der Waals surface area contributed by atoms with E-state index in [1.54, 1.807) is 0 Å². The van der Waals surface area contributed by atoms with Crippen LogP contribution in [0, 0.1) is 5.92 Å². The van der Waals surface area contributed by atoms with Crippen molar-refractivity contribution in [2.75, 3.05) is 0 Å². The lowest BCUT2D eigenvalue weighted by molar-refractivity contribution is -0.111. The predicted molar refractivity (Wildman–Crippen MR) is 78.6 cm³/mol. The normalized spacial score (nSPS) is 20.6. The number of ketones is 1. The number of hydrogen-bond acceptors (Lipinski definition) is 1. The Morgan fingerprint density at radius 1 is 1.06 bits per heavy atom. The van der Waals surface area contributed by atoms with E-state index in [1.807, 2.05) is 0 Å². The summed E-state index contributed by atoms with van der Waals surface area (Å²) in [6.45, 7) is 6.67. The van der Waals surface area contributed by atoms with E-state index in [-0.39, 0.29) is 0 Å². The quantitative estimate of drug-likeness (QED) is 0.446. The zero-order valence-electron chi connectivity index (χ0n) is 12.3. The monoisotopic (exact) mass is 248 g/mol. The lowest BCUT2D eigenvalue weighted by Crippen LogP contribution is -1.96. The molecule has 0 spiro atoms. The minimum atomic E-state index is 0.329. The zero-order chi connectivity index (χ0) is 13.4. The van der Waals surface area contributed by atoms with Crippen molar-refractivity contribution in [2.24, 2.45) is 5.92 Å². The summed E-state index contributed by atoms with van der Waals surface area (Å²) in [5.41, 5.74) is 2.14. The number of hydrogen-bond donors (Lipinski definition) is 0. The first kappa shape index (κ1) is 15.2. The van der Waals surface area contributed by atoms with Gasteiger partial charge in [0.25, 0.3) is 0 Å². The topological polar surface area (TPSA) is 17.1 Å². The van der Waals surface area contributed by atoms with Crippen LogP contribution in [0.1, 0.15) is 72.1 Å². The second-order valence-corrected chi connectivity index (χ2v) is 5.75. The van der Waals surface area contributed by atoms with Gasteiger partial charge in [0.1, 0.15) is 0 Å². The fraction of sp³-hybridized carbons (Fsp3) is 0.706. The van der Waals surface area contributed by atoms with E-state index in [1.165, 1.54) is 25.7 Å². The summed E-state index contributed by atoms with van der Waals surface area (Å²) in [6.07, 6.45) is 13.4. The van der Waals surface area contributed by atoms with Crippen molar-refractivity contribution in [3.63, 3.8) is 0 Å². The van der Waals surface area contributed by atoms with E-state index in [0.29, 0.717) is 5.78 Å². The van der Waals surface area contributed by atoms with Crippen LogP contribution in [0.25, 0.3) is 0 Å². The Morgan fingerprint density at radius 3 is 2.22 bits per heavy atom. The number of carbonyl (C=O) groups excluding carboxylic acids is 1. The van der Waals surface area contributed by atoms with E-state index in [2.05, 4.69) is 32.9 Å². The molecule has 0 bridgehead atoms. The molecule has 0 aliphatic heterocycles. The molecule has 0 heterocycles. The van der Waals surface area contributed by atoms with Gasteiger partial charge < -0.3 is 0 Å². The zero-order valence-corrected chi connectivity index (χ0v) is 12.3. The molecule has 1 rings (SSSR count). The molecule has 0 aromatic rings. The minimum absolute atomic E-state index is 0.329. The van der Waals surface area contributed by atoms with Crippen LogP contribution in [0.15, 0.2) is 23.3 Å². The molecule has 0 aromatic heterocycles. The summed E-state index contributed by atoms with van der Waals surface area (Å²) in [6, 6.07) is 0. The minimum Gasteiger partial charge on any atom is -0.289 e. The summed E-state index contributed by atoms with van der Waals surface area (Å²) in [5, 5.41) is 0. The average Bonchev–Trinajstić information content (AvgIpc) is 2.67. The van der Waals surface area contributed by atoms with Crippen molar-refractivity contribution in [3.8, 4) is 0 Å². The van der Waals surface area contributed by atoms with E-state index in [0.717, 1.165) is 42.7 Å². The van der Waals surface area contributed by atoms with Crippen LogP contribution < -0.4 is 0 Å². The predicted octanol–water partition coefficient (Wildman–Crippen LogP) is 5.22. The van der Waals surface area contributed by atoms with Crippen molar-refractivity contribution in [1.82, 2.24) is 0 Å². The van der Waals surface area contributed by atoms with E-state index >= 15 is 0 Å². The third kappa shape index (κ3) is 5.20. The third-order valence-electron chi connectivity index (χ3n) is 3.58. The number of unbranched alkanes of at least 4 members (excludes halogenated alkanes) is 3. The van der Waals surface area contributed by atoms with E-state index in [9.17, 15) is 4.79 Å². The molecule has 102 valence electrons. The summed E-state index contributed by atoms with van der Waals surface area (Å²) in [7, 11) is 0. The van der Waals surface area contributed by atoms with Gasteiger partial charge in [0, 0.05) is 0 Å². The lowest BCUT2D eigenvalue weighted by Gasteiger charge is -2.00. The molecule has 0 amide bonds. The first-order chi connectivity index (χ1) is 8.65. The Balaban J connectivity index is 2.41. The molecule has 1 heteroatoms. The smallest absolute Gasteiger partial charge is 0.184 e. The van der Waals surface area contributed by atoms with Gasteiger partial charge in [-0.25, -0.2) is 0 Å². The van der Waals surface area contributed by atoms with E-state index < -0.39 is 0 Å². The second-order valence-electron chi connectivity index (χ2n) is 5.75. The van der Waals surface area contributed by atoms with Gasteiger partial charge in [0.15, 0.2) is 5.78 Å². The van der Waals surface area contributed by atoms with Crippen LogP contribution in [0.2, 0.25) is 0 Å². The molecule has 0 aromatic carbocycles. The fourth-order valence-electron chi connectivity index (χ4n) is 2.35. The largest absolute Gasteiger partial charge is 0.289 e. The Kier molecular flexibility index (Phi) is 7.00. The SMILES string of the molecule is CCCCCC=C1CCC(=CCCC(C)C)C1=O. The molecule has 1 saturated carbocycles. The molecule has 0 unspecified atom stereocenters. The van der Waals surface area contributed by atoms with E-state index in [4.69, 9.17) is 0 Å². The highest BCUT2D eigenvalue weighted by Crippen LogP contribution is 2.27. The van der Waals surface area contributed by atoms with Crippen LogP contribution >= 0.6 is 0 Å². The molecule has 0 N–H and O–H groups in total. The van der Waals surface area contributed by atoms with Crippen molar-refractivity contribution < 1.29 is 4.79 Å². The van der Waals surface area contributed by atoms with Crippen molar-refractivity contribution in [2.45, 2.75) is 72.1 Å². The number of carbonyl (C=O) groups is 1. The van der Waals surface area contributed by atoms with Crippen LogP contribution in [-0.2, 0) is 4.79 Å². The van der Waals surface area contributed by atoms with Gasteiger partial charge in [-0.05, 0) is 55.6 Å². The third-order valence-corrected chi connectivity index (χ3v) is 3.58. The first-order valence-electron chi connectivity index (χ1n) is 7.58. The van der Waals surface area contributed by atoms with Crippen molar-refractivity contribution >= 4 is 5.78 Å². The van der Waals surface area contributed by atoms with Gasteiger partial charge in [-0.2, -0.15) is 0 Å². The molecule has 0 saturated heterocycles. The number of allylic oxidation sites excluding steroid dienone is 4. The maximum absolute atomic E-state index is 12.1. The average molecular weight is 248 g/mol. The summed E-state index contributed by atoms with van der Waals surface area (Å²) >= 11 is 0. The molecular weight excluding hydrogens is 220 g/mol. The Hall–Kier alpha value is -0.850. The van der Waals surface area contributed by atoms with Gasteiger partial charge in [-0.1, -0.05) is 45.8 Å². The highest BCUT2D eigenvalue weighted by atomic mass is 16.1. The maximum Gasteiger partial charge on any atom is 0.184 e. The van der Waals surface area contributed by atoms with Crippen LogP contribution in [0.5, 0.6) is 0 Å². The van der Waals surface area contributed by atoms with Crippen LogP contribution in [0.4, 0.5) is 0 Å². The molecule has 0 radical (unpaired) electrons. The number of rotatable bonds is 7. The first-order valence-corrected chi connectivity index (χ1v) is 7.58. The molecule has 1 aliphatic carbocycles. The highest BCUT2D eigenvalue weighted by molar-refractivity contribution is 6.10. The van der Waals surface area contributed by atoms with Gasteiger partial charge >= 0.3 is 0 Å². The molecule has 1 aliphatic rings. The summed E-state index contributed by atoms with van der Waals surface area (Å²) in [5.74, 6) is 1.05. The van der Waals surface area contributed by atoms with Crippen LogP contribution in [-0.4, -0.2) is 5.78 Å². The second kappa shape index (κ2) is 8.29. The van der Waals surface area contributed by atoms with Crippen molar-refractivity contribution in [1.29, 1.82) is 0 Å². The van der Waals surface area contributed by atoms with Crippen LogP contribution in [0.3, 0.4) is 0 Å². The molecule has 1 fully saturated rings. The maximum atomic E-state index is 12.1. The van der Waals surface area contributed by atoms with Gasteiger partial charge in [0.2, 0.25) is 0 Å². The fourth-order valence-corrected chi connectivity index (χ4v) is 2.35. The number of Topliss-reactive ketones (excluding diaryl/α,β-unsaturated/α-hetero) is 1. The summed E-state index contributed by atoms with van der Waals surface area (Å²) < 4.78 is 0. The highest BCUT2D eigenvalue weighted by Gasteiger charge is 2.21.